The van der Waals surface area contributed by atoms with E-state index in [1.807, 2.05) is 0 Å². The molecule has 16 heavy (non-hydrogen) atoms. The van der Waals surface area contributed by atoms with Crippen molar-refractivity contribution in [2.75, 3.05) is 0 Å². The Morgan fingerprint density at radius 2 is 1.50 bits per heavy atom. The van der Waals surface area contributed by atoms with Crippen molar-refractivity contribution in [3.05, 3.63) is 0 Å². The predicted octanol–water partition coefficient (Wildman–Crippen LogP) is 2.24. The monoisotopic (exact) mass is 241 g/mol. The van der Waals surface area contributed by atoms with Crippen LogP contribution in [0.5, 0.6) is 0 Å². The van der Waals surface area contributed by atoms with Gasteiger partial charge in [0.05, 0.1) is 5.41 Å². The molecule has 0 fully saturated rings. The Balaban J connectivity index is 4.86. The van der Waals surface area contributed by atoms with Crippen LogP contribution in [0.3, 0.4) is 0 Å². The molecule has 1 atom stereocenters. The Hall–Kier alpha value is -0.780. The lowest BCUT2D eigenvalue weighted by Gasteiger charge is -2.33. The fourth-order valence-electron chi connectivity index (χ4n) is 0.946. The van der Waals surface area contributed by atoms with E-state index in [0.717, 1.165) is 13.8 Å². The summed E-state index contributed by atoms with van der Waals surface area (Å²) < 4.78 is 42.1. The van der Waals surface area contributed by atoms with E-state index >= 15 is 0 Å². The van der Waals surface area contributed by atoms with Gasteiger partial charge in [0.1, 0.15) is 11.6 Å². The van der Waals surface area contributed by atoms with Crippen LogP contribution in [0.25, 0.3) is 0 Å². The van der Waals surface area contributed by atoms with Gasteiger partial charge in [-0.1, -0.05) is 0 Å². The van der Waals surface area contributed by atoms with E-state index in [9.17, 15) is 18.0 Å². The number of halogens is 3. The van der Waals surface area contributed by atoms with E-state index in [0.29, 0.717) is 0 Å². The minimum Gasteiger partial charge on any atom is -0.460 e. The molecule has 3 nitrogen and oxygen atoms in total. The molecule has 0 saturated heterocycles. The number of esters is 1. The van der Waals surface area contributed by atoms with Gasteiger partial charge in [0.2, 0.25) is 0 Å². The maximum Gasteiger partial charge on any atom is 0.404 e. The Kier molecular flexibility index (Phi) is 4.03. The maximum absolute atomic E-state index is 12.4. The number of rotatable bonds is 2. The number of nitrogens with two attached hydrogens (primary N) is 1. The minimum absolute atomic E-state index is 0.834. The molecule has 0 radical (unpaired) electrons. The SMILES string of the molecule is CC(C)(C)OC(=O)C(C)(C)C(N)C(F)(F)F. The second-order valence-electron chi connectivity index (χ2n) is 5.24. The van der Waals surface area contributed by atoms with Crippen LogP contribution in [0.15, 0.2) is 0 Å². The number of carbonyl (C=O) groups excluding carboxylic acids is 1. The number of hydrogen-bond acceptors (Lipinski definition) is 3. The smallest absolute Gasteiger partial charge is 0.404 e. The Morgan fingerprint density at radius 3 is 1.75 bits per heavy atom. The van der Waals surface area contributed by atoms with Gasteiger partial charge >= 0.3 is 12.1 Å². The molecule has 0 spiro atoms. The highest BCUT2D eigenvalue weighted by Gasteiger charge is 2.51. The quantitative estimate of drug-likeness (QED) is 0.754. The normalized spacial score (nSPS) is 15.8. The van der Waals surface area contributed by atoms with E-state index in [1.54, 1.807) is 20.8 Å². The van der Waals surface area contributed by atoms with Gasteiger partial charge in [0.15, 0.2) is 0 Å². The largest absolute Gasteiger partial charge is 0.460 e. The Morgan fingerprint density at radius 1 is 1.12 bits per heavy atom. The summed E-state index contributed by atoms with van der Waals surface area (Å²) >= 11 is 0. The maximum atomic E-state index is 12.4. The molecule has 0 rings (SSSR count). The first-order chi connectivity index (χ1) is 6.78. The Labute approximate surface area is 93.1 Å². The summed E-state index contributed by atoms with van der Waals surface area (Å²) in [5, 5.41) is 0. The van der Waals surface area contributed by atoms with Crippen LogP contribution in [0.2, 0.25) is 0 Å². The predicted molar refractivity (Wildman–Crippen MR) is 53.7 cm³/mol. The van der Waals surface area contributed by atoms with Crippen LogP contribution in [0.4, 0.5) is 13.2 Å². The van der Waals surface area contributed by atoms with Crippen molar-refractivity contribution in [3.63, 3.8) is 0 Å². The molecule has 0 aromatic heterocycles. The van der Waals surface area contributed by atoms with E-state index < -0.39 is 29.2 Å². The zero-order valence-electron chi connectivity index (χ0n) is 10.1. The van der Waals surface area contributed by atoms with Crippen LogP contribution in [0.1, 0.15) is 34.6 Å². The van der Waals surface area contributed by atoms with Crippen molar-refractivity contribution >= 4 is 5.97 Å². The van der Waals surface area contributed by atoms with Crippen LogP contribution in [0, 0.1) is 5.41 Å². The van der Waals surface area contributed by atoms with Gasteiger partial charge in [-0.3, -0.25) is 4.79 Å². The average Bonchev–Trinajstić information content (AvgIpc) is 1.97. The molecule has 96 valence electrons. The summed E-state index contributed by atoms with van der Waals surface area (Å²) in [4.78, 5) is 11.6. The van der Waals surface area contributed by atoms with Crippen LogP contribution in [-0.2, 0) is 9.53 Å². The van der Waals surface area contributed by atoms with Gasteiger partial charge in [-0.05, 0) is 34.6 Å². The number of hydrogen-bond donors (Lipinski definition) is 1. The molecule has 0 aliphatic carbocycles. The summed E-state index contributed by atoms with van der Waals surface area (Å²) in [6, 6.07) is -2.24. The highest BCUT2D eigenvalue weighted by molar-refractivity contribution is 5.77. The molecule has 2 N–H and O–H groups in total. The molecule has 0 aromatic carbocycles. The summed E-state index contributed by atoms with van der Waals surface area (Å²) in [6.45, 7) is 7.00. The van der Waals surface area contributed by atoms with Crippen molar-refractivity contribution in [1.29, 1.82) is 0 Å². The first-order valence-electron chi connectivity index (χ1n) is 4.84. The van der Waals surface area contributed by atoms with Gasteiger partial charge in [-0.2, -0.15) is 13.2 Å². The lowest BCUT2D eigenvalue weighted by Crippen LogP contribution is -2.54. The Bertz CT molecular complexity index is 266. The molecule has 0 bridgehead atoms. The second-order valence-corrected chi connectivity index (χ2v) is 5.24. The molecule has 0 saturated carbocycles. The van der Waals surface area contributed by atoms with Crippen LogP contribution < -0.4 is 5.73 Å². The van der Waals surface area contributed by atoms with E-state index in [1.165, 1.54) is 0 Å². The number of ether oxygens (including phenoxy) is 1. The van der Waals surface area contributed by atoms with Crippen molar-refractivity contribution in [2.24, 2.45) is 11.1 Å². The van der Waals surface area contributed by atoms with Gasteiger partial charge in [-0.25, -0.2) is 0 Å². The molecule has 0 aliphatic rings. The molecule has 0 aliphatic heterocycles. The summed E-state index contributed by atoms with van der Waals surface area (Å²) in [5.74, 6) is -0.954. The van der Waals surface area contributed by atoms with Gasteiger partial charge in [0, 0.05) is 0 Å². The summed E-state index contributed by atoms with van der Waals surface area (Å²) in [5.41, 5.74) is 2.39. The first kappa shape index (κ1) is 15.2. The minimum atomic E-state index is -4.62. The molecule has 6 heteroatoms. The summed E-state index contributed by atoms with van der Waals surface area (Å²) in [7, 11) is 0. The molecule has 0 aromatic rings. The van der Waals surface area contributed by atoms with Crippen molar-refractivity contribution in [2.45, 2.75) is 52.4 Å². The lowest BCUT2D eigenvalue weighted by molar-refractivity contribution is -0.194. The molecular weight excluding hydrogens is 223 g/mol. The molecule has 0 amide bonds. The molecule has 0 heterocycles. The third kappa shape index (κ3) is 4.00. The number of alkyl halides is 3. The van der Waals surface area contributed by atoms with Crippen molar-refractivity contribution in [1.82, 2.24) is 0 Å². The summed E-state index contributed by atoms with van der Waals surface area (Å²) in [6.07, 6.45) is -4.62. The average molecular weight is 241 g/mol. The van der Waals surface area contributed by atoms with E-state index in [-0.39, 0.29) is 0 Å². The van der Waals surface area contributed by atoms with Gasteiger partial charge in [0.25, 0.3) is 0 Å². The van der Waals surface area contributed by atoms with Gasteiger partial charge in [-0.15, -0.1) is 0 Å². The van der Waals surface area contributed by atoms with Crippen LogP contribution in [-0.4, -0.2) is 23.8 Å². The van der Waals surface area contributed by atoms with Crippen molar-refractivity contribution in [3.8, 4) is 0 Å². The van der Waals surface area contributed by atoms with Crippen LogP contribution >= 0.6 is 0 Å². The standard InChI is InChI=1S/C10H18F3NO2/c1-8(2,3)16-7(15)9(4,5)6(14)10(11,12)13/h6H,14H2,1-5H3. The second kappa shape index (κ2) is 4.24. The fraction of sp³-hybridized carbons (Fsp3) is 0.900. The third-order valence-corrected chi connectivity index (χ3v) is 2.06. The zero-order valence-corrected chi connectivity index (χ0v) is 10.1. The van der Waals surface area contributed by atoms with Gasteiger partial charge < -0.3 is 10.5 Å². The van der Waals surface area contributed by atoms with E-state index in [4.69, 9.17) is 10.5 Å². The highest BCUT2D eigenvalue weighted by atomic mass is 19.4. The zero-order chi connectivity index (χ0) is 13.4. The number of carbonyl (C=O) groups is 1. The third-order valence-electron chi connectivity index (χ3n) is 2.06. The first-order valence-corrected chi connectivity index (χ1v) is 4.84. The fourth-order valence-corrected chi connectivity index (χ4v) is 0.946. The topological polar surface area (TPSA) is 52.3 Å². The molecule has 1 unspecified atom stereocenters. The highest BCUT2D eigenvalue weighted by Crippen LogP contribution is 2.34. The van der Waals surface area contributed by atoms with E-state index in [2.05, 4.69) is 0 Å². The molecular formula is C10H18F3NO2. The lowest BCUT2D eigenvalue weighted by atomic mass is 9.84. The van der Waals surface area contributed by atoms with Crippen molar-refractivity contribution < 1.29 is 22.7 Å².